The van der Waals surface area contributed by atoms with Gasteiger partial charge in [-0.3, -0.25) is 9.59 Å². The zero-order valence-electron chi connectivity index (χ0n) is 16.3. The molecule has 1 aliphatic heterocycles. The largest absolute Gasteiger partial charge is 0.433 e. The van der Waals surface area contributed by atoms with Gasteiger partial charge in [-0.25, -0.2) is 4.98 Å². The number of nitrogens with one attached hydrogen (secondary N) is 2. The molecule has 0 bridgehead atoms. The van der Waals surface area contributed by atoms with Crippen molar-refractivity contribution in [3.63, 3.8) is 0 Å². The quantitative estimate of drug-likeness (QED) is 0.666. The first-order valence-corrected chi connectivity index (χ1v) is 9.41. The van der Waals surface area contributed by atoms with Crippen molar-refractivity contribution in [2.24, 2.45) is 11.8 Å². The van der Waals surface area contributed by atoms with Crippen LogP contribution < -0.4 is 15.4 Å². The lowest BCUT2D eigenvalue weighted by Crippen LogP contribution is -2.41. The van der Waals surface area contributed by atoms with E-state index in [1.165, 1.54) is 12.1 Å². The number of hydrogen-bond donors (Lipinski definition) is 2. The molecule has 28 heavy (non-hydrogen) atoms. The highest BCUT2D eigenvalue weighted by Crippen LogP contribution is 2.20. The Balaban J connectivity index is 1.77. The van der Waals surface area contributed by atoms with Crippen molar-refractivity contribution in [3.05, 3.63) is 24.0 Å². The summed E-state index contributed by atoms with van der Waals surface area (Å²) >= 11 is 0. The first kappa shape index (κ1) is 22.0. The lowest BCUT2D eigenvalue weighted by Gasteiger charge is -2.22. The average Bonchev–Trinajstić information content (AvgIpc) is 3.13. The number of halogens is 2. The minimum atomic E-state index is -2.95. The van der Waals surface area contributed by atoms with Gasteiger partial charge in [0.25, 0.3) is 5.91 Å². The second kappa shape index (κ2) is 10.3. The van der Waals surface area contributed by atoms with Crippen LogP contribution in [0, 0.1) is 11.8 Å². The smallest absolute Gasteiger partial charge is 0.387 e. The Kier molecular flexibility index (Phi) is 8.10. The van der Waals surface area contributed by atoms with Gasteiger partial charge in [0.1, 0.15) is 11.4 Å². The van der Waals surface area contributed by atoms with Crippen molar-refractivity contribution in [1.29, 1.82) is 0 Å². The van der Waals surface area contributed by atoms with E-state index in [2.05, 4.69) is 34.2 Å². The molecule has 0 aromatic carbocycles. The topological polar surface area (TPSA) is 89.6 Å². The molecular formula is C19H27F2N3O4. The second-order valence-corrected chi connectivity index (χ2v) is 7.12. The summed E-state index contributed by atoms with van der Waals surface area (Å²) in [5.41, 5.74) is 0.0802. The van der Waals surface area contributed by atoms with Crippen LogP contribution in [0.5, 0.6) is 5.75 Å². The number of alkyl halides is 2. The standard InChI is InChI=1S/C19H27F2N3O4/c1-4-15(11(2)3)24-17(25)12-7-14(27-10-12)9-23-18(26)16-6-5-13(8-22-16)28-19(20)21/h5-6,8,11-12,14-15,19H,4,7,9-10H2,1-3H3,(H,23,26)(H,24,25)/t12-,14-,15?/m0/s1. The van der Waals surface area contributed by atoms with Gasteiger partial charge in [0.05, 0.1) is 24.8 Å². The minimum Gasteiger partial charge on any atom is -0.433 e. The summed E-state index contributed by atoms with van der Waals surface area (Å²) in [6.45, 7) is 3.78. The van der Waals surface area contributed by atoms with E-state index in [0.717, 1.165) is 12.6 Å². The molecule has 0 spiro atoms. The third-order valence-corrected chi connectivity index (χ3v) is 4.71. The van der Waals surface area contributed by atoms with Gasteiger partial charge in [-0.15, -0.1) is 0 Å². The normalized spacial score (nSPS) is 20.2. The van der Waals surface area contributed by atoms with E-state index in [0.29, 0.717) is 18.9 Å². The van der Waals surface area contributed by atoms with Gasteiger partial charge >= 0.3 is 6.61 Å². The maximum atomic E-state index is 12.4. The van der Waals surface area contributed by atoms with E-state index in [4.69, 9.17) is 4.74 Å². The molecule has 156 valence electrons. The van der Waals surface area contributed by atoms with E-state index < -0.39 is 12.5 Å². The molecule has 9 heteroatoms. The van der Waals surface area contributed by atoms with Crippen LogP contribution >= 0.6 is 0 Å². The lowest BCUT2D eigenvalue weighted by molar-refractivity contribution is -0.126. The fraction of sp³-hybridized carbons (Fsp3) is 0.632. The van der Waals surface area contributed by atoms with Gasteiger partial charge in [0.2, 0.25) is 5.91 Å². The van der Waals surface area contributed by atoms with Crippen LogP contribution in [0.4, 0.5) is 8.78 Å². The third kappa shape index (κ3) is 6.40. The molecule has 0 saturated carbocycles. The van der Waals surface area contributed by atoms with E-state index in [1.807, 2.05) is 6.92 Å². The number of rotatable bonds is 9. The highest BCUT2D eigenvalue weighted by atomic mass is 19.3. The number of hydrogen-bond acceptors (Lipinski definition) is 5. The number of amides is 2. The van der Waals surface area contributed by atoms with Crippen LogP contribution in [-0.4, -0.2) is 48.7 Å². The Morgan fingerprint density at radius 1 is 1.36 bits per heavy atom. The number of carbonyl (C=O) groups is 2. The minimum absolute atomic E-state index is 0.0225. The summed E-state index contributed by atoms with van der Waals surface area (Å²) in [5.74, 6) is -0.474. The monoisotopic (exact) mass is 399 g/mol. The predicted octanol–water partition coefficient (Wildman–Crippen LogP) is 2.37. The summed E-state index contributed by atoms with van der Waals surface area (Å²) in [4.78, 5) is 28.3. The number of carbonyl (C=O) groups excluding carboxylic acids is 2. The van der Waals surface area contributed by atoms with Crippen molar-refractivity contribution in [2.75, 3.05) is 13.2 Å². The highest BCUT2D eigenvalue weighted by Gasteiger charge is 2.32. The lowest BCUT2D eigenvalue weighted by atomic mass is 9.99. The van der Waals surface area contributed by atoms with Crippen LogP contribution in [0.3, 0.4) is 0 Å². The van der Waals surface area contributed by atoms with Crippen molar-refractivity contribution in [1.82, 2.24) is 15.6 Å². The van der Waals surface area contributed by atoms with Crippen LogP contribution in [0.2, 0.25) is 0 Å². The van der Waals surface area contributed by atoms with Gasteiger partial charge in [-0.2, -0.15) is 8.78 Å². The zero-order chi connectivity index (χ0) is 20.7. The van der Waals surface area contributed by atoms with Gasteiger partial charge in [0, 0.05) is 12.6 Å². The van der Waals surface area contributed by atoms with Gasteiger partial charge < -0.3 is 20.1 Å². The molecule has 3 atom stereocenters. The summed E-state index contributed by atoms with van der Waals surface area (Å²) in [6, 6.07) is 2.68. The molecular weight excluding hydrogens is 372 g/mol. The molecule has 1 fully saturated rings. The van der Waals surface area contributed by atoms with E-state index in [-0.39, 0.29) is 42.0 Å². The number of aromatic nitrogens is 1. The Labute approximate surface area is 163 Å². The van der Waals surface area contributed by atoms with E-state index in [1.54, 1.807) is 0 Å². The van der Waals surface area contributed by atoms with Crippen molar-refractivity contribution >= 4 is 11.8 Å². The highest BCUT2D eigenvalue weighted by molar-refractivity contribution is 5.92. The SMILES string of the molecule is CCC(NC(=O)[C@@H]1CO[C@H](CNC(=O)c2ccc(OC(F)F)cn2)C1)C(C)C. The summed E-state index contributed by atoms with van der Waals surface area (Å²) < 4.78 is 34.0. The molecule has 1 aromatic rings. The maximum absolute atomic E-state index is 12.4. The van der Waals surface area contributed by atoms with Crippen molar-refractivity contribution < 1.29 is 27.8 Å². The average molecular weight is 399 g/mol. The second-order valence-electron chi connectivity index (χ2n) is 7.12. The fourth-order valence-corrected chi connectivity index (χ4v) is 3.06. The predicted molar refractivity (Wildman–Crippen MR) is 98.1 cm³/mol. The molecule has 7 nitrogen and oxygen atoms in total. The van der Waals surface area contributed by atoms with Crippen LogP contribution in [0.15, 0.2) is 18.3 Å². The van der Waals surface area contributed by atoms with Gasteiger partial charge in [0.15, 0.2) is 0 Å². The number of nitrogens with zero attached hydrogens (tertiary/aromatic N) is 1. The van der Waals surface area contributed by atoms with Crippen LogP contribution in [0.1, 0.15) is 44.1 Å². The molecule has 1 unspecified atom stereocenters. The molecule has 1 saturated heterocycles. The molecule has 1 aliphatic rings. The summed E-state index contributed by atoms with van der Waals surface area (Å²) in [7, 11) is 0. The molecule has 2 amide bonds. The molecule has 2 rings (SSSR count). The van der Waals surface area contributed by atoms with Gasteiger partial charge in [-0.05, 0) is 30.9 Å². The first-order chi connectivity index (χ1) is 13.3. The summed E-state index contributed by atoms with van der Waals surface area (Å²) in [5, 5.41) is 5.74. The fourth-order valence-electron chi connectivity index (χ4n) is 3.06. The molecule has 2 N–H and O–H groups in total. The number of pyridine rings is 1. The Bertz CT molecular complexity index is 655. The molecule has 0 radical (unpaired) electrons. The Hall–Kier alpha value is -2.29. The summed E-state index contributed by atoms with van der Waals surface area (Å²) in [6.07, 6.45) is 2.19. The number of ether oxygens (including phenoxy) is 2. The Morgan fingerprint density at radius 3 is 2.68 bits per heavy atom. The van der Waals surface area contributed by atoms with Gasteiger partial charge in [-0.1, -0.05) is 20.8 Å². The van der Waals surface area contributed by atoms with Crippen LogP contribution in [-0.2, 0) is 9.53 Å². The third-order valence-electron chi connectivity index (χ3n) is 4.71. The van der Waals surface area contributed by atoms with E-state index in [9.17, 15) is 18.4 Å². The Morgan fingerprint density at radius 2 is 2.11 bits per heavy atom. The maximum Gasteiger partial charge on any atom is 0.387 e. The van der Waals surface area contributed by atoms with Crippen molar-refractivity contribution in [3.8, 4) is 5.75 Å². The van der Waals surface area contributed by atoms with Crippen molar-refractivity contribution in [2.45, 2.75) is 52.4 Å². The molecule has 1 aromatic heterocycles. The first-order valence-electron chi connectivity index (χ1n) is 9.41. The molecule has 2 heterocycles. The zero-order valence-corrected chi connectivity index (χ0v) is 16.3. The van der Waals surface area contributed by atoms with Crippen LogP contribution in [0.25, 0.3) is 0 Å². The molecule has 0 aliphatic carbocycles. The van der Waals surface area contributed by atoms with E-state index >= 15 is 0 Å².